The fraction of sp³-hybridized carbons (Fsp3) is 0.385. The predicted molar refractivity (Wildman–Crippen MR) is 140 cm³/mol. The Morgan fingerprint density at radius 1 is 1.11 bits per heavy atom. The molecule has 0 bridgehead atoms. The fourth-order valence-corrected chi connectivity index (χ4v) is 4.73. The first kappa shape index (κ1) is 27.1. The second-order valence-corrected chi connectivity index (χ2v) is 9.15. The highest BCUT2D eigenvalue weighted by atomic mass is 32.2. The number of nitrogens with one attached hydrogen (secondary N) is 1. The van der Waals surface area contributed by atoms with Gasteiger partial charge in [0.15, 0.2) is 28.2 Å². The summed E-state index contributed by atoms with van der Waals surface area (Å²) in [6, 6.07) is 8.82. The second kappa shape index (κ2) is 12.5. The zero-order valence-electron chi connectivity index (χ0n) is 21.4. The summed E-state index contributed by atoms with van der Waals surface area (Å²) in [7, 11) is 3.14. The molecule has 12 heteroatoms. The normalized spacial score (nSPS) is 11.9. The van der Waals surface area contributed by atoms with Crippen molar-refractivity contribution in [3.63, 3.8) is 0 Å². The number of thioether (sulfide) groups is 1. The molecule has 38 heavy (non-hydrogen) atoms. The van der Waals surface area contributed by atoms with Crippen molar-refractivity contribution in [3.05, 3.63) is 46.2 Å². The van der Waals surface area contributed by atoms with Gasteiger partial charge in [-0.05, 0) is 37.1 Å². The molecule has 202 valence electrons. The summed E-state index contributed by atoms with van der Waals surface area (Å²) >= 11 is 1.08. The molecular weight excluding hydrogens is 514 g/mol. The molecule has 1 amide bonds. The lowest BCUT2D eigenvalue weighted by atomic mass is 10.1. The Hall–Kier alpha value is -3.93. The van der Waals surface area contributed by atoms with Crippen LogP contribution in [-0.2, 0) is 27.3 Å². The van der Waals surface area contributed by atoms with Crippen LogP contribution in [0.25, 0.3) is 10.9 Å². The Kier molecular flexibility index (Phi) is 8.95. The van der Waals surface area contributed by atoms with Crippen LogP contribution in [0.1, 0.15) is 18.9 Å². The standard InChI is InChI=1S/C26H29N3O8S/c1-4-35-24(31)14-38-26-28-18-13-22-21(36-15-37-22)12-17(18)25(32)29(26)10-8-23(30)27-9-7-16-5-6-19(33-2)20(11-16)34-3/h5-6,11-13H,4,7-10,14-15H2,1-3H3,(H,27,30). The smallest absolute Gasteiger partial charge is 0.316 e. The van der Waals surface area contributed by atoms with E-state index in [0.29, 0.717) is 52.0 Å². The Bertz CT molecular complexity index is 1390. The van der Waals surface area contributed by atoms with E-state index in [-0.39, 0.29) is 43.6 Å². The SMILES string of the molecule is CCOC(=O)CSc1nc2cc3c(cc2c(=O)n1CCC(=O)NCCc1ccc(OC)c(OC)c1)OCO3. The Morgan fingerprint density at radius 2 is 1.87 bits per heavy atom. The lowest BCUT2D eigenvalue weighted by Crippen LogP contribution is -2.30. The van der Waals surface area contributed by atoms with E-state index in [4.69, 9.17) is 23.7 Å². The molecule has 0 aliphatic carbocycles. The summed E-state index contributed by atoms with van der Waals surface area (Å²) in [5, 5.41) is 3.53. The van der Waals surface area contributed by atoms with Gasteiger partial charge in [0.1, 0.15) is 0 Å². The summed E-state index contributed by atoms with van der Waals surface area (Å²) in [6.45, 7) is 2.54. The number of hydrogen-bond donors (Lipinski definition) is 1. The minimum absolute atomic E-state index is 0.0200. The van der Waals surface area contributed by atoms with Gasteiger partial charge in [0, 0.05) is 25.6 Å². The average molecular weight is 544 g/mol. The first-order valence-corrected chi connectivity index (χ1v) is 13.0. The molecule has 0 saturated heterocycles. The molecule has 3 aromatic rings. The number of benzene rings is 2. The van der Waals surface area contributed by atoms with E-state index in [1.54, 1.807) is 33.3 Å². The highest BCUT2D eigenvalue weighted by molar-refractivity contribution is 7.99. The van der Waals surface area contributed by atoms with Gasteiger partial charge in [-0.3, -0.25) is 19.0 Å². The molecule has 0 fully saturated rings. The summed E-state index contributed by atoms with van der Waals surface area (Å²) in [6.07, 6.45) is 0.647. The van der Waals surface area contributed by atoms with Crippen molar-refractivity contribution in [3.8, 4) is 23.0 Å². The molecule has 1 aliphatic heterocycles. The molecule has 2 heterocycles. The third-order valence-corrected chi connectivity index (χ3v) is 6.73. The van der Waals surface area contributed by atoms with E-state index in [9.17, 15) is 14.4 Å². The van der Waals surface area contributed by atoms with Crippen LogP contribution in [0.4, 0.5) is 0 Å². The molecule has 0 radical (unpaired) electrons. The molecule has 1 aromatic heterocycles. The van der Waals surface area contributed by atoms with Crippen LogP contribution < -0.4 is 29.8 Å². The Balaban J connectivity index is 1.45. The molecule has 0 spiro atoms. The van der Waals surface area contributed by atoms with E-state index in [1.165, 1.54) is 4.57 Å². The number of nitrogens with zero attached hydrogens (tertiary/aromatic N) is 2. The largest absolute Gasteiger partial charge is 0.493 e. The first-order valence-electron chi connectivity index (χ1n) is 12.0. The first-order chi connectivity index (χ1) is 18.4. The average Bonchev–Trinajstić information content (AvgIpc) is 3.38. The molecule has 0 atom stereocenters. The van der Waals surface area contributed by atoms with Crippen molar-refractivity contribution >= 4 is 34.5 Å². The number of aromatic nitrogens is 2. The van der Waals surface area contributed by atoms with Crippen LogP contribution in [0.5, 0.6) is 23.0 Å². The topological polar surface area (TPSA) is 127 Å². The maximum absolute atomic E-state index is 13.4. The van der Waals surface area contributed by atoms with Crippen LogP contribution in [0.15, 0.2) is 40.3 Å². The van der Waals surface area contributed by atoms with Gasteiger partial charge in [-0.25, -0.2) is 4.98 Å². The lowest BCUT2D eigenvalue weighted by molar-refractivity contribution is -0.139. The molecule has 0 saturated carbocycles. The minimum atomic E-state index is -0.419. The van der Waals surface area contributed by atoms with E-state index in [0.717, 1.165) is 17.3 Å². The minimum Gasteiger partial charge on any atom is -0.493 e. The number of methoxy groups -OCH3 is 2. The van der Waals surface area contributed by atoms with E-state index >= 15 is 0 Å². The maximum atomic E-state index is 13.4. The summed E-state index contributed by atoms with van der Waals surface area (Å²) in [4.78, 5) is 42.5. The molecule has 1 aliphatic rings. The Labute approximate surface area is 223 Å². The van der Waals surface area contributed by atoms with Crippen LogP contribution in [0.2, 0.25) is 0 Å². The molecular formula is C26H29N3O8S. The van der Waals surface area contributed by atoms with Crippen molar-refractivity contribution < 1.29 is 33.3 Å². The number of carbonyl (C=O) groups excluding carboxylic acids is 2. The van der Waals surface area contributed by atoms with Crippen molar-refractivity contribution in [1.82, 2.24) is 14.9 Å². The van der Waals surface area contributed by atoms with Gasteiger partial charge < -0.3 is 29.0 Å². The number of ether oxygens (including phenoxy) is 5. The van der Waals surface area contributed by atoms with E-state index < -0.39 is 5.97 Å². The van der Waals surface area contributed by atoms with Gasteiger partial charge in [0.05, 0.1) is 37.5 Å². The maximum Gasteiger partial charge on any atom is 0.316 e. The molecule has 2 aromatic carbocycles. The highest BCUT2D eigenvalue weighted by Gasteiger charge is 2.20. The lowest BCUT2D eigenvalue weighted by Gasteiger charge is -2.14. The van der Waals surface area contributed by atoms with Crippen molar-refractivity contribution in [2.45, 2.75) is 31.5 Å². The van der Waals surface area contributed by atoms with Crippen LogP contribution in [0, 0.1) is 0 Å². The zero-order chi connectivity index (χ0) is 27.1. The number of fused-ring (bicyclic) bond motifs is 2. The van der Waals surface area contributed by atoms with Crippen LogP contribution >= 0.6 is 11.8 Å². The van der Waals surface area contributed by atoms with Crippen LogP contribution in [-0.4, -0.2) is 61.3 Å². The zero-order valence-corrected chi connectivity index (χ0v) is 22.2. The van der Waals surface area contributed by atoms with Gasteiger partial charge in [-0.15, -0.1) is 0 Å². The van der Waals surface area contributed by atoms with Gasteiger partial charge in [0.2, 0.25) is 12.7 Å². The van der Waals surface area contributed by atoms with Crippen molar-refractivity contribution in [1.29, 1.82) is 0 Å². The predicted octanol–water partition coefficient (Wildman–Crippen LogP) is 2.55. The highest BCUT2D eigenvalue weighted by Crippen LogP contribution is 2.35. The molecule has 11 nitrogen and oxygen atoms in total. The summed E-state index contributed by atoms with van der Waals surface area (Å²) < 4.78 is 27.8. The van der Waals surface area contributed by atoms with Gasteiger partial charge in [-0.1, -0.05) is 17.8 Å². The Morgan fingerprint density at radius 3 is 2.61 bits per heavy atom. The number of amides is 1. The summed E-state index contributed by atoms with van der Waals surface area (Å²) in [5.41, 5.74) is 1.06. The second-order valence-electron chi connectivity index (χ2n) is 8.21. The van der Waals surface area contributed by atoms with Gasteiger partial charge in [-0.2, -0.15) is 0 Å². The number of carbonyl (C=O) groups is 2. The van der Waals surface area contributed by atoms with Gasteiger partial charge in [0.25, 0.3) is 5.56 Å². The third-order valence-electron chi connectivity index (χ3n) is 5.78. The monoisotopic (exact) mass is 543 g/mol. The van der Waals surface area contributed by atoms with Gasteiger partial charge >= 0.3 is 5.97 Å². The van der Waals surface area contributed by atoms with E-state index in [2.05, 4.69) is 10.3 Å². The molecule has 4 rings (SSSR count). The van der Waals surface area contributed by atoms with Crippen molar-refractivity contribution in [2.24, 2.45) is 0 Å². The molecule has 0 unspecified atom stereocenters. The fourth-order valence-electron chi connectivity index (χ4n) is 3.91. The molecule has 1 N–H and O–H groups in total. The number of esters is 1. The summed E-state index contributed by atoms with van der Waals surface area (Å²) in [5.74, 6) is 1.56. The quantitative estimate of drug-likeness (QED) is 0.207. The van der Waals surface area contributed by atoms with E-state index in [1.807, 2.05) is 18.2 Å². The number of rotatable bonds is 12. The number of hydrogen-bond acceptors (Lipinski definition) is 10. The third kappa shape index (κ3) is 6.31. The van der Waals surface area contributed by atoms with Crippen molar-refractivity contribution in [2.75, 3.05) is 39.9 Å². The van der Waals surface area contributed by atoms with Crippen LogP contribution in [0.3, 0.4) is 0 Å².